The lowest BCUT2D eigenvalue weighted by molar-refractivity contribution is 0.425. The number of hydrogen-bond acceptors (Lipinski definition) is 5. The molecule has 1 heterocycles. The first-order valence-electron chi connectivity index (χ1n) is 3.96. The second-order valence-corrected chi connectivity index (χ2v) is 4.30. The van der Waals surface area contributed by atoms with Crippen molar-refractivity contribution in [1.82, 2.24) is 0 Å². The van der Waals surface area contributed by atoms with Crippen LogP contribution in [0.3, 0.4) is 0 Å². The Morgan fingerprint density at radius 2 is 2.14 bits per heavy atom. The summed E-state index contributed by atoms with van der Waals surface area (Å²) in [5.74, 6) is 0. The molecule has 0 amide bonds. The number of thiol groups is 1. The minimum atomic E-state index is -1.53. The summed E-state index contributed by atoms with van der Waals surface area (Å²) in [6.45, 7) is 0. The Balaban J connectivity index is 2.82. The van der Waals surface area contributed by atoms with Crippen LogP contribution in [0.5, 0.6) is 0 Å². The molecule has 0 saturated carbocycles. The summed E-state index contributed by atoms with van der Waals surface area (Å²) < 4.78 is 0.886. The van der Waals surface area contributed by atoms with E-state index < -0.39 is 7.12 Å². The molecule has 14 heavy (non-hydrogen) atoms. The first-order valence-corrected chi connectivity index (χ1v) is 5.28. The molecular formula is C8H8BNO2S2. The van der Waals surface area contributed by atoms with Gasteiger partial charge in [-0.15, -0.1) is 24.0 Å². The lowest BCUT2D eigenvalue weighted by Crippen LogP contribution is -2.31. The van der Waals surface area contributed by atoms with Crippen molar-refractivity contribution in [2.24, 2.45) is 0 Å². The smallest absolute Gasteiger partial charge is 0.423 e. The molecular weight excluding hydrogens is 217 g/mol. The van der Waals surface area contributed by atoms with Gasteiger partial charge in [0.05, 0.1) is 0 Å². The van der Waals surface area contributed by atoms with Gasteiger partial charge in [0.2, 0.25) is 0 Å². The quantitative estimate of drug-likeness (QED) is 0.323. The summed E-state index contributed by atoms with van der Waals surface area (Å²) >= 11 is 5.73. The van der Waals surface area contributed by atoms with Gasteiger partial charge in [-0.1, -0.05) is 0 Å². The Labute approximate surface area is 90.7 Å². The minimum Gasteiger partial charge on any atom is -0.423 e. The molecule has 1 aromatic carbocycles. The van der Waals surface area contributed by atoms with Crippen molar-refractivity contribution in [2.45, 2.75) is 4.90 Å². The van der Waals surface area contributed by atoms with E-state index in [1.54, 1.807) is 6.07 Å². The Morgan fingerprint density at radius 1 is 1.43 bits per heavy atom. The molecule has 3 nitrogen and oxygen atoms in total. The molecule has 4 N–H and O–H groups in total. The number of rotatable bonds is 1. The third-order valence-corrected chi connectivity index (χ3v) is 3.62. The van der Waals surface area contributed by atoms with Crippen molar-refractivity contribution in [3.8, 4) is 0 Å². The topological polar surface area (TPSA) is 66.5 Å². The lowest BCUT2D eigenvalue weighted by atomic mass is 9.79. The maximum absolute atomic E-state index is 9.08. The van der Waals surface area contributed by atoms with Crippen LogP contribution in [-0.4, -0.2) is 17.2 Å². The third kappa shape index (κ3) is 1.40. The molecule has 1 aromatic heterocycles. The van der Waals surface area contributed by atoms with Gasteiger partial charge in [0, 0.05) is 20.7 Å². The molecule has 0 fully saturated rings. The predicted molar refractivity (Wildman–Crippen MR) is 63.3 cm³/mol. The van der Waals surface area contributed by atoms with Crippen LogP contribution in [0.15, 0.2) is 22.4 Å². The zero-order valence-electron chi connectivity index (χ0n) is 7.14. The zero-order valence-corrected chi connectivity index (χ0v) is 8.85. The zero-order chi connectivity index (χ0) is 10.3. The number of hydrogen-bond donors (Lipinski definition) is 4. The third-order valence-electron chi connectivity index (χ3n) is 2.05. The van der Waals surface area contributed by atoms with Crippen LogP contribution in [0, 0.1) is 0 Å². The molecule has 0 saturated heterocycles. The van der Waals surface area contributed by atoms with Crippen molar-refractivity contribution in [2.75, 3.05) is 5.73 Å². The Morgan fingerprint density at radius 3 is 2.79 bits per heavy atom. The van der Waals surface area contributed by atoms with Crippen LogP contribution in [0.4, 0.5) is 5.69 Å². The minimum absolute atomic E-state index is 0.348. The van der Waals surface area contributed by atoms with Gasteiger partial charge >= 0.3 is 7.12 Å². The van der Waals surface area contributed by atoms with E-state index in [9.17, 15) is 0 Å². The molecule has 0 aliphatic rings. The van der Waals surface area contributed by atoms with E-state index in [2.05, 4.69) is 12.6 Å². The number of nitrogen functional groups attached to an aromatic ring is 1. The monoisotopic (exact) mass is 225 g/mol. The Hall–Kier alpha value is -0.685. The second-order valence-electron chi connectivity index (χ2n) is 2.94. The van der Waals surface area contributed by atoms with Crippen LogP contribution in [0.25, 0.3) is 10.1 Å². The van der Waals surface area contributed by atoms with Crippen LogP contribution < -0.4 is 11.2 Å². The molecule has 0 unspecified atom stereocenters. The molecule has 72 valence electrons. The van der Waals surface area contributed by atoms with Crippen molar-refractivity contribution < 1.29 is 10.0 Å². The fraction of sp³-hybridized carbons (Fsp3) is 0. The molecule has 0 radical (unpaired) electrons. The van der Waals surface area contributed by atoms with Crippen molar-refractivity contribution in [3.05, 3.63) is 17.5 Å². The first-order chi connectivity index (χ1) is 6.61. The molecule has 2 rings (SSSR count). The normalized spacial score (nSPS) is 10.8. The molecule has 0 aliphatic heterocycles. The fourth-order valence-corrected chi connectivity index (χ4v) is 2.70. The van der Waals surface area contributed by atoms with Crippen molar-refractivity contribution >= 4 is 52.3 Å². The summed E-state index contributed by atoms with van der Waals surface area (Å²) in [6.07, 6.45) is 0. The summed E-state index contributed by atoms with van der Waals surface area (Å²) in [5.41, 5.74) is 6.65. The van der Waals surface area contributed by atoms with Crippen LogP contribution in [-0.2, 0) is 0 Å². The fourth-order valence-electron chi connectivity index (χ4n) is 1.36. The Bertz CT molecular complexity index is 483. The van der Waals surface area contributed by atoms with E-state index >= 15 is 0 Å². The molecule has 0 spiro atoms. The highest BCUT2D eigenvalue weighted by molar-refractivity contribution is 7.81. The number of fused-ring (bicyclic) bond motifs is 1. The lowest BCUT2D eigenvalue weighted by Gasteiger charge is -2.07. The SMILES string of the molecule is Nc1cc(B(O)O)c(S)c2sccc12. The average Bonchev–Trinajstić information content (AvgIpc) is 2.59. The average molecular weight is 225 g/mol. The highest BCUT2D eigenvalue weighted by Crippen LogP contribution is 2.30. The molecule has 6 heteroatoms. The van der Waals surface area contributed by atoms with Gasteiger partial charge in [-0.05, 0) is 23.0 Å². The summed E-state index contributed by atoms with van der Waals surface area (Å²) in [6, 6.07) is 3.44. The maximum atomic E-state index is 9.08. The maximum Gasteiger partial charge on any atom is 0.489 e. The van der Waals surface area contributed by atoms with E-state index in [1.165, 1.54) is 11.3 Å². The number of anilines is 1. The highest BCUT2D eigenvalue weighted by Gasteiger charge is 2.18. The van der Waals surface area contributed by atoms with Crippen molar-refractivity contribution in [1.29, 1.82) is 0 Å². The standard InChI is InChI=1S/C8H8BNO2S2/c10-6-3-5(9(11)12)7(13)8-4(6)1-2-14-8/h1-3,11-13H,10H2. The highest BCUT2D eigenvalue weighted by atomic mass is 32.1. The molecule has 0 bridgehead atoms. The van der Waals surface area contributed by atoms with E-state index in [-0.39, 0.29) is 0 Å². The van der Waals surface area contributed by atoms with Gasteiger partial charge < -0.3 is 15.8 Å². The van der Waals surface area contributed by atoms with Gasteiger partial charge in [-0.25, -0.2) is 0 Å². The van der Waals surface area contributed by atoms with E-state index in [0.29, 0.717) is 16.0 Å². The van der Waals surface area contributed by atoms with E-state index in [1.807, 2.05) is 11.4 Å². The van der Waals surface area contributed by atoms with Gasteiger partial charge in [-0.2, -0.15) is 0 Å². The van der Waals surface area contributed by atoms with Gasteiger partial charge in [0.15, 0.2) is 0 Å². The van der Waals surface area contributed by atoms with Gasteiger partial charge in [0.1, 0.15) is 0 Å². The van der Waals surface area contributed by atoms with Crippen LogP contribution in [0.1, 0.15) is 0 Å². The largest absolute Gasteiger partial charge is 0.489 e. The molecule has 2 aromatic rings. The second kappa shape index (κ2) is 3.47. The Kier molecular flexibility index (Phi) is 2.44. The number of thiophene rings is 1. The van der Waals surface area contributed by atoms with Gasteiger partial charge in [0.25, 0.3) is 0 Å². The summed E-state index contributed by atoms with van der Waals surface area (Å²) in [4.78, 5) is 0.583. The van der Waals surface area contributed by atoms with Gasteiger partial charge in [-0.3, -0.25) is 0 Å². The summed E-state index contributed by atoms with van der Waals surface area (Å²) in [5, 5.41) is 21.0. The molecule has 0 atom stereocenters. The van der Waals surface area contributed by atoms with Crippen LogP contribution >= 0.6 is 24.0 Å². The first kappa shape index (κ1) is 9.85. The van der Waals surface area contributed by atoms with Crippen LogP contribution in [0.2, 0.25) is 0 Å². The van der Waals surface area contributed by atoms with E-state index in [4.69, 9.17) is 15.8 Å². The van der Waals surface area contributed by atoms with Crippen molar-refractivity contribution in [3.63, 3.8) is 0 Å². The van der Waals surface area contributed by atoms with E-state index in [0.717, 1.165) is 10.1 Å². The summed E-state index contributed by atoms with van der Waals surface area (Å²) in [7, 11) is -1.53. The number of benzene rings is 1. The molecule has 0 aliphatic carbocycles. The number of nitrogens with two attached hydrogens (primary N) is 1. The predicted octanol–water partition coefficient (Wildman–Crippen LogP) is 0.452.